The van der Waals surface area contributed by atoms with E-state index in [0.717, 1.165) is 12.3 Å². The van der Waals surface area contributed by atoms with Crippen molar-refractivity contribution in [3.63, 3.8) is 0 Å². The molecule has 4 heteroatoms. The summed E-state index contributed by atoms with van der Waals surface area (Å²) >= 11 is 0. The highest BCUT2D eigenvalue weighted by Gasteiger charge is 2.54. The summed E-state index contributed by atoms with van der Waals surface area (Å²) in [7, 11) is -2.71. The van der Waals surface area contributed by atoms with Gasteiger partial charge in [-0.3, -0.25) is 0 Å². The van der Waals surface area contributed by atoms with Gasteiger partial charge in [-0.2, -0.15) is 0 Å². The smallest absolute Gasteiger partial charge is 0.151 e. The van der Waals surface area contributed by atoms with Crippen molar-refractivity contribution in [2.75, 3.05) is 11.5 Å². The van der Waals surface area contributed by atoms with Crippen LogP contribution in [0.1, 0.15) is 32.1 Å². The zero-order chi connectivity index (χ0) is 9.81. The third kappa shape index (κ3) is 1.58. The SMILES string of the molecule is O=S1(=O)CCC(NC2(C3CC3)CC2)C1. The van der Waals surface area contributed by atoms with Crippen LogP contribution in [0, 0.1) is 5.92 Å². The van der Waals surface area contributed by atoms with Gasteiger partial charge in [0.2, 0.25) is 0 Å². The standard InChI is InChI=1S/C10H17NO2S/c12-14(13)6-3-9(7-14)11-10(4-5-10)8-1-2-8/h8-9,11H,1-7H2. The monoisotopic (exact) mass is 215 g/mol. The Hall–Kier alpha value is -0.0900. The van der Waals surface area contributed by atoms with E-state index in [9.17, 15) is 8.42 Å². The summed E-state index contributed by atoms with van der Waals surface area (Å²) in [6, 6.07) is 0.253. The number of nitrogens with one attached hydrogen (secondary N) is 1. The Kier molecular flexibility index (Phi) is 1.78. The van der Waals surface area contributed by atoms with Crippen LogP contribution in [-0.2, 0) is 9.84 Å². The summed E-state index contributed by atoms with van der Waals surface area (Å²) in [6.45, 7) is 0. The average Bonchev–Trinajstić information content (AvgIpc) is 2.93. The Labute approximate surface area is 85.2 Å². The third-order valence-electron chi connectivity index (χ3n) is 3.87. The number of hydrogen-bond donors (Lipinski definition) is 1. The molecule has 3 rings (SSSR count). The summed E-state index contributed by atoms with van der Waals surface area (Å²) in [5, 5.41) is 3.60. The maximum atomic E-state index is 11.3. The van der Waals surface area contributed by atoms with Crippen LogP contribution in [0.15, 0.2) is 0 Å². The van der Waals surface area contributed by atoms with Crippen molar-refractivity contribution in [1.29, 1.82) is 0 Å². The minimum absolute atomic E-state index is 0.253. The van der Waals surface area contributed by atoms with Crippen LogP contribution in [0.5, 0.6) is 0 Å². The maximum Gasteiger partial charge on any atom is 0.151 e. The van der Waals surface area contributed by atoms with Gasteiger partial charge in [0.25, 0.3) is 0 Å². The van der Waals surface area contributed by atoms with Crippen molar-refractivity contribution in [3.05, 3.63) is 0 Å². The van der Waals surface area contributed by atoms with Crippen molar-refractivity contribution in [1.82, 2.24) is 5.32 Å². The summed E-state index contributed by atoms with van der Waals surface area (Å²) in [4.78, 5) is 0. The normalized spacial score (nSPS) is 38.4. The molecule has 1 N–H and O–H groups in total. The summed E-state index contributed by atoms with van der Waals surface area (Å²) in [5.74, 6) is 1.64. The Balaban J connectivity index is 1.63. The zero-order valence-electron chi connectivity index (χ0n) is 8.33. The zero-order valence-corrected chi connectivity index (χ0v) is 9.15. The highest BCUT2D eigenvalue weighted by molar-refractivity contribution is 7.91. The largest absolute Gasteiger partial charge is 0.307 e. The molecule has 0 aromatic heterocycles. The molecule has 80 valence electrons. The molecule has 1 aliphatic heterocycles. The number of hydrogen-bond acceptors (Lipinski definition) is 3. The van der Waals surface area contributed by atoms with Gasteiger partial charge >= 0.3 is 0 Å². The van der Waals surface area contributed by atoms with E-state index in [1.807, 2.05) is 0 Å². The molecule has 1 heterocycles. The van der Waals surface area contributed by atoms with Gasteiger partial charge in [-0.1, -0.05) is 0 Å². The predicted octanol–water partition coefficient (Wildman–Crippen LogP) is 0.706. The van der Waals surface area contributed by atoms with Crippen LogP contribution >= 0.6 is 0 Å². The second-order valence-electron chi connectivity index (χ2n) is 5.17. The van der Waals surface area contributed by atoms with Crippen molar-refractivity contribution in [2.45, 2.75) is 43.7 Å². The van der Waals surface area contributed by atoms with Crippen molar-refractivity contribution in [2.24, 2.45) is 5.92 Å². The molecule has 1 saturated heterocycles. The van der Waals surface area contributed by atoms with Gasteiger partial charge in [0, 0.05) is 11.6 Å². The first kappa shape index (κ1) is 9.16. The molecule has 3 fully saturated rings. The molecular formula is C10H17NO2S. The third-order valence-corrected chi connectivity index (χ3v) is 5.64. The van der Waals surface area contributed by atoms with Crippen molar-refractivity contribution in [3.8, 4) is 0 Å². The van der Waals surface area contributed by atoms with Crippen LogP contribution in [0.4, 0.5) is 0 Å². The molecule has 0 amide bonds. The van der Waals surface area contributed by atoms with Gasteiger partial charge in [0.15, 0.2) is 9.84 Å². The van der Waals surface area contributed by atoms with Gasteiger partial charge in [0.05, 0.1) is 11.5 Å². The maximum absolute atomic E-state index is 11.3. The molecule has 1 atom stereocenters. The molecule has 14 heavy (non-hydrogen) atoms. The molecule has 1 unspecified atom stereocenters. The summed E-state index contributed by atoms with van der Waals surface area (Å²) in [6.07, 6.45) is 6.08. The second-order valence-corrected chi connectivity index (χ2v) is 7.40. The predicted molar refractivity (Wildman–Crippen MR) is 54.9 cm³/mol. The van der Waals surface area contributed by atoms with Crippen LogP contribution < -0.4 is 5.32 Å². The first-order chi connectivity index (χ1) is 6.60. The molecule has 0 spiro atoms. The molecule has 0 aromatic carbocycles. The van der Waals surface area contributed by atoms with Gasteiger partial charge < -0.3 is 5.32 Å². The number of sulfone groups is 1. The topological polar surface area (TPSA) is 46.2 Å². The van der Waals surface area contributed by atoms with Gasteiger partial charge in [-0.15, -0.1) is 0 Å². The lowest BCUT2D eigenvalue weighted by Gasteiger charge is -2.21. The number of rotatable bonds is 3. The molecule has 0 aromatic rings. The lowest BCUT2D eigenvalue weighted by atomic mass is 10.1. The minimum Gasteiger partial charge on any atom is -0.307 e. The Morgan fingerprint density at radius 2 is 1.86 bits per heavy atom. The highest BCUT2D eigenvalue weighted by atomic mass is 32.2. The van der Waals surface area contributed by atoms with E-state index in [1.54, 1.807) is 0 Å². The van der Waals surface area contributed by atoms with Crippen molar-refractivity contribution < 1.29 is 8.42 Å². The lowest BCUT2D eigenvalue weighted by Crippen LogP contribution is -2.42. The Morgan fingerprint density at radius 3 is 2.29 bits per heavy atom. The quantitative estimate of drug-likeness (QED) is 0.754. The fraction of sp³-hybridized carbons (Fsp3) is 1.00. The van der Waals surface area contributed by atoms with Crippen LogP contribution in [0.25, 0.3) is 0 Å². The molecule has 2 aliphatic carbocycles. The molecule has 3 nitrogen and oxygen atoms in total. The van der Waals surface area contributed by atoms with E-state index >= 15 is 0 Å². The van der Waals surface area contributed by atoms with E-state index in [0.29, 0.717) is 17.0 Å². The van der Waals surface area contributed by atoms with Crippen LogP contribution in [0.2, 0.25) is 0 Å². The molecular weight excluding hydrogens is 198 g/mol. The first-order valence-electron chi connectivity index (χ1n) is 5.58. The van der Waals surface area contributed by atoms with Crippen molar-refractivity contribution >= 4 is 9.84 Å². The average molecular weight is 215 g/mol. The van der Waals surface area contributed by atoms with Crippen LogP contribution in [-0.4, -0.2) is 31.5 Å². The lowest BCUT2D eigenvalue weighted by molar-refractivity contribution is 0.393. The Bertz CT molecular complexity index is 341. The minimum atomic E-state index is -2.71. The molecule has 2 saturated carbocycles. The fourth-order valence-corrected chi connectivity index (χ4v) is 4.43. The van der Waals surface area contributed by atoms with E-state index in [1.165, 1.54) is 25.7 Å². The van der Waals surface area contributed by atoms with Gasteiger partial charge in [-0.25, -0.2) is 8.42 Å². The second kappa shape index (κ2) is 2.73. The van der Waals surface area contributed by atoms with E-state index < -0.39 is 9.84 Å². The molecule has 0 radical (unpaired) electrons. The summed E-state index contributed by atoms with van der Waals surface area (Å²) < 4.78 is 22.6. The first-order valence-corrected chi connectivity index (χ1v) is 7.40. The molecule has 3 aliphatic rings. The van der Waals surface area contributed by atoms with Crippen LogP contribution in [0.3, 0.4) is 0 Å². The fourth-order valence-electron chi connectivity index (χ4n) is 2.76. The van der Waals surface area contributed by atoms with E-state index in [4.69, 9.17) is 0 Å². The van der Waals surface area contributed by atoms with Gasteiger partial charge in [0.1, 0.15) is 0 Å². The van der Waals surface area contributed by atoms with Gasteiger partial charge in [-0.05, 0) is 38.0 Å². The highest BCUT2D eigenvalue weighted by Crippen LogP contribution is 2.54. The Morgan fingerprint density at radius 1 is 1.14 bits per heavy atom. The molecule has 0 bridgehead atoms. The summed E-state index contributed by atoms with van der Waals surface area (Å²) in [5.41, 5.74) is 0.379. The van der Waals surface area contributed by atoms with E-state index in [2.05, 4.69) is 5.32 Å². The van der Waals surface area contributed by atoms with E-state index in [-0.39, 0.29) is 6.04 Å².